The number of likely N-dealkylation sites (tertiary alicyclic amines) is 1. The minimum atomic E-state index is -0.115. The lowest BCUT2D eigenvalue weighted by Crippen LogP contribution is -2.41. The lowest BCUT2D eigenvalue weighted by molar-refractivity contribution is 0.0794. The second kappa shape index (κ2) is 4.81. The summed E-state index contributed by atoms with van der Waals surface area (Å²) in [6, 6.07) is 0.0621. The first-order valence-electron chi connectivity index (χ1n) is 5.69. The zero-order chi connectivity index (χ0) is 10.7. The van der Waals surface area contributed by atoms with Crippen LogP contribution in [0.3, 0.4) is 0 Å². The van der Waals surface area contributed by atoms with E-state index in [-0.39, 0.29) is 12.1 Å². The van der Waals surface area contributed by atoms with Gasteiger partial charge in [-0.15, -0.1) is 0 Å². The second-order valence-electron chi connectivity index (χ2n) is 4.29. The fourth-order valence-corrected chi connectivity index (χ4v) is 2.13. The van der Waals surface area contributed by atoms with Crippen molar-refractivity contribution in [1.29, 1.82) is 0 Å². The van der Waals surface area contributed by atoms with Crippen molar-refractivity contribution in [3.63, 3.8) is 0 Å². The fraction of sp³-hybridized carbons (Fsp3) is 0.900. The Kier molecular flexibility index (Phi) is 3.43. The topological polar surface area (TPSA) is 55.8 Å². The summed E-state index contributed by atoms with van der Waals surface area (Å²) in [5.41, 5.74) is 0. The molecule has 2 rings (SSSR count). The lowest BCUT2D eigenvalue weighted by atomic mass is 10.1. The third-order valence-corrected chi connectivity index (χ3v) is 3.19. The Balaban J connectivity index is 1.67. The highest BCUT2D eigenvalue weighted by Gasteiger charge is 2.21. The molecule has 5 heteroatoms. The number of nitrogens with one attached hydrogen (secondary N) is 1. The average molecular weight is 213 g/mol. The molecule has 2 N–H and O–H groups in total. The SMILES string of the molecule is O=C1NCCN1CCN1CCC(O)CC1. The molecule has 5 nitrogen and oxygen atoms in total. The summed E-state index contributed by atoms with van der Waals surface area (Å²) >= 11 is 0. The van der Waals surface area contributed by atoms with Crippen LogP contribution < -0.4 is 5.32 Å². The number of hydrogen-bond donors (Lipinski definition) is 2. The van der Waals surface area contributed by atoms with Crippen molar-refractivity contribution >= 4 is 6.03 Å². The summed E-state index contributed by atoms with van der Waals surface area (Å²) in [6.07, 6.45) is 1.62. The highest BCUT2D eigenvalue weighted by atomic mass is 16.3. The minimum Gasteiger partial charge on any atom is -0.393 e. The molecular formula is C10H19N3O2. The van der Waals surface area contributed by atoms with Gasteiger partial charge >= 0.3 is 6.03 Å². The van der Waals surface area contributed by atoms with Crippen LogP contribution >= 0.6 is 0 Å². The molecule has 0 aromatic carbocycles. The molecule has 0 unspecified atom stereocenters. The molecule has 0 radical (unpaired) electrons. The maximum atomic E-state index is 11.3. The van der Waals surface area contributed by atoms with Crippen LogP contribution in [0.5, 0.6) is 0 Å². The number of nitrogens with zero attached hydrogens (tertiary/aromatic N) is 2. The zero-order valence-electron chi connectivity index (χ0n) is 8.98. The second-order valence-corrected chi connectivity index (χ2v) is 4.29. The Morgan fingerprint density at radius 2 is 2.00 bits per heavy atom. The van der Waals surface area contributed by atoms with E-state index in [0.717, 1.165) is 52.1 Å². The first-order valence-corrected chi connectivity index (χ1v) is 5.69. The summed E-state index contributed by atoms with van der Waals surface area (Å²) in [4.78, 5) is 15.4. The first kappa shape index (κ1) is 10.7. The van der Waals surface area contributed by atoms with Gasteiger partial charge in [0.15, 0.2) is 0 Å². The Morgan fingerprint density at radius 1 is 1.27 bits per heavy atom. The van der Waals surface area contributed by atoms with Gasteiger partial charge in [-0.1, -0.05) is 0 Å². The first-order chi connectivity index (χ1) is 7.25. The molecule has 0 saturated carbocycles. The van der Waals surface area contributed by atoms with Gasteiger partial charge in [0.05, 0.1) is 6.10 Å². The Labute approximate surface area is 90.0 Å². The third kappa shape index (κ3) is 2.82. The number of hydrogen-bond acceptors (Lipinski definition) is 3. The van der Waals surface area contributed by atoms with E-state index in [0.29, 0.717) is 0 Å². The number of piperidine rings is 1. The molecule has 2 saturated heterocycles. The maximum Gasteiger partial charge on any atom is 0.317 e. The number of amides is 2. The van der Waals surface area contributed by atoms with E-state index in [9.17, 15) is 9.90 Å². The predicted molar refractivity (Wildman–Crippen MR) is 56.7 cm³/mol. The smallest absolute Gasteiger partial charge is 0.317 e. The molecule has 86 valence electrons. The number of aliphatic hydroxyl groups excluding tert-OH is 1. The van der Waals surface area contributed by atoms with Gasteiger partial charge in [0.2, 0.25) is 0 Å². The summed E-state index contributed by atoms with van der Waals surface area (Å²) < 4.78 is 0. The van der Waals surface area contributed by atoms with Gasteiger partial charge in [0, 0.05) is 39.3 Å². The standard InChI is InChI=1S/C10H19N3O2/c14-9-1-4-12(5-2-9)7-8-13-6-3-11-10(13)15/h9,14H,1-8H2,(H,11,15). The van der Waals surface area contributed by atoms with E-state index < -0.39 is 0 Å². The third-order valence-electron chi connectivity index (χ3n) is 3.19. The van der Waals surface area contributed by atoms with Gasteiger partial charge in [0.1, 0.15) is 0 Å². The molecular weight excluding hydrogens is 194 g/mol. The average Bonchev–Trinajstić information content (AvgIpc) is 2.63. The van der Waals surface area contributed by atoms with Crippen molar-refractivity contribution < 1.29 is 9.90 Å². The van der Waals surface area contributed by atoms with Gasteiger partial charge in [0.25, 0.3) is 0 Å². The van der Waals surface area contributed by atoms with Crippen molar-refractivity contribution in [3.05, 3.63) is 0 Å². The van der Waals surface area contributed by atoms with Crippen molar-refractivity contribution in [2.24, 2.45) is 0 Å². The molecule has 2 fully saturated rings. The van der Waals surface area contributed by atoms with Crippen LogP contribution in [0, 0.1) is 0 Å². The molecule has 0 aliphatic carbocycles. The maximum absolute atomic E-state index is 11.3. The fourth-order valence-electron chi connectivity index (χ4n) is 2.13. The van der Waals surface area contributed by atoms with E-state index >= 15 is 0 Å². The van der Waals surface area contributed by atoms with Crippen LogP contribution in [-0.4, -0.2) is 66.3 Å². The molecule has 15 heavy (non-hydrogen) atoms. The molecule has 0 bridgehead atoms. The highest BCUT2D eigenvalue weighted by molar-refractivity contribution is 5.76. The molecule has 0 aromatic heterocycles. The van der Waals surface area contributed by atoms with Crippen LogP contribution in [0.1, 0.15) is 12.8 Å². The number of urea groups is 1. The van der Waals surface area contributed by atoms with Gasteiger partial charge in [-0.25, -0.2) is 4.79 Å². The number of carbonyl (C=O) groups excluding carboxylic acids is 1. The monoisotopic (exact) mass is 213 g/mol. The minimum absolute atomic E-state index is 0.0621. The summed E-state index contributed by atoms with van der Waals surface area (Å²) in [5, 5.41) is 12.1. The molecule has 0 aromatic rings. The Hall–Kier alpha value is -0.810. The van der Waals surface area contributed by atoms with Crippen molar-refractivity contribution in [2.45, 2.75) is 18.9 Å². The summed E-state index contributed by atoms with van der Waals surface area (Å²) in [5.74, 6) is 0. The van der Waals surface area contributed by atoms with E-state index in [1.165, 1.54) is 0 Å². The lowest BCUT2D eigenvalue weighted by Gasteiger charge is -2.30. The van der Waals surface area contributed by atoms with Crippen LogP contribution in [-0.2, 0) is 0 Å². The largest absolute Gasteiger partial charge is 0.393 e. The number of aliphatic hydroxyl groups is 1. The van der Waals surface area contributed by atoms with Gasteiger partial charge < -0.3 is 20.2 Å². The molecule has 0 spiro atoms. The Morgan fingerprint density at radius 3 is 2.60 bits per heavy atom. The van der Waals surface area contributed by atoms with E-state index in [1.807, 2.05) is 4.90 Å². The number of rotatable bonds is 3. The normalized spacial score (nSPS) is 24.6. The van der Waals surface area contributed by atoms with Crippen molar-refractivity contribution in [3.8, 4) is 0 Å². The number of carbonyl (C=O) groups is 1. The molecule has 2 aliphatic rings. The molecule has 2 heterocycles. The van der Waals surface area contributed by atoms with Gasteiger partial charge in [-0.3, -0.25) is 0 Å². The molecule has 2 amide bonds. The zero-order valence-corrected chi connectivity index (χ0v) is 8.98. The van der Waals surface area contributed by atoms with E-state index in [2.05, 4.69) is 10.2 Å². The Bertz CT molecular complexity index is 227. The summed E-state index contributed by atoms with van der Waals surface area (Å²) in [7, 11) is 0. The molecule has 0 atom stereocenters. The van der Waals surface area contributed by atoms with E-state index in [1.54, 1.807) is 0 Å². The quantitative estimate of drug-likeness (QED) is 0.662. The van der Waals surface area contributed by atoms with Crippen molar-refractivity contribution in [1.82, 2.24) is 15.1 Å². The van der Waals surface area contributed by atoms with Crippen LogP contribution in [0.25, 0.3) is 0 Å². The predicted octanol–water partition coefficient (Wildman–Crippen LogP) is -0.532. The van der Waals surface area contributed by atoms with Crippen LogP contribution in [0.2, 0.25) is 0 Å². The van der Waals surface area contributed by atoms with Crippen molar-refractivity contribution in [2.75, 3.05) is 39.3 Å². The van der Waals surface area contributed by atoms with Gasteiger partial charge in [-0.05, 0) is 12.8 Å². The summed E-state index contributed by atoms with van der Waals surface area (Å²) in [6.45, 7) is 5.25. The van der Waals surface area contributed by atoms with Crippen LogP contribution in [0.15, 0.2) is 0 Å². The van der Waals surface area contributed by atoms with Gasteiger partial charge in [-0.2, -0.15) is 0 Å². The van der Waals surface area contributed by atoms with E-state index in [4.69, 9.17) is 0 Å². The molecule has 2 aliphatic heterocycles. The van der Waals surface area contributed by atoms with Crippen LogP contribution in [0.4, 0.5) is 4.79 Å². The highest BCUT2D eigenvalue weighted by Crippen LogP contribution is 2.09.